The summed E-state index contributed by atoms with van der Waals surface area (Å²) in [6, 6.07) is 0. The molecule has 0 bridgehead atoms. The summed E-state index contributed by atoms with van der Waals surface area (Å²) < 4.78 is 9.15. The van der Waals surface area contributed by atoms with Crippen LogP contribution in [0.15, 0.2) is 47.6 Å². The van der Waals surface area contributed by atoms with Crippen LogP contribution in [0.2, 0.25) is 0 Å². The second-order valence-corrected chi connectivity index (χ2v) is 2.95. The third-order valence-electron chi connectivity index (χ3n) is 1.95. The van der Waals surface area contributed by atoms with Gasteiger partial charge in [0.05, 0.1) is 25.4 Å². The highest BCUT2D eigenvalue weighted by Crippen LogP contribution is 2.08. The number of hydrogen-bond acceptors (Lipinski definition) is 4. The monoisotopic (exact) mass is 220 g/mol. The maximum atomic E-state index is 11.2. The summed E-state index contributed by atoms with van der Waals surface area (Å²) in [5.74, 6) is -0.841. The molecule has 16 heavy (non-hydrogen) atoms. The van der Waals surface area contributed by atoms with Crippen LogP contribution in [0.5, 0.6) is 0 Å². The fourth-order valence-electron chi connectivity index (χ4n) is 1.13. The second-order valence-electron chi connectivity index (χ2n) is 2.95. The Hall–Kier alpha value is -2.10. The lowest BCUT2D eigenvalue weighted by atomic mass is 10.1. The number of carbonyl (C=O) groups is 2. The van der Waals surface area contributed by atoms with Crippen molar-refractivity contribution in [3.63, 3.8) is 0 Å². The maximum absolute atomic E-state index is 11.2. The molecule has 0 saturated carbocycles. The summed E-state index contributed by atoms with van der Waals surface area (Å²) in [6.07, 6.45) is 9.46. The van der Waals surface area contributed by atoms with Gasteiger partial charge >= 0.3 is 11.9 Å². The van der Waals surface area contributed by atoms with Crippen LogP contribution in [0.25, 0.3) is 0 Å². The van der Waals surface area contributed by atoms with Gasteiger partial charge in [0.1, 0.15) is 0 Å². The molecule has 0 atom stereocenters. The molecule has 0 unspecified atom stereocenters. The topological polar surface area (TPSA) is 52.6 Å². The van der Waals surface area contributed by atoms with E-state index in [1.807, 2.05) is 0 Å². The van der Waals surface area contributed by atoms with Gasteiger partial charge in [-0.25, -0.2) is 9.59 Å². The first-order chi connectivity index (χ1) is 7.69. The summed E-state index contributed by atoms with van der Waals surface area (Å²) >= 11 is 0. The molecule has 84 valence electrons. The van der Waals surface area contributed by atoms with Crippen molar-refractivity contribution in [2.45, 2.75) is 0 Å². The average Bonchev–Trinajstić information content (AvgIpc) is 2.27. The molecule has 4 heteroatoms. The van der Waals surface area contributed by atoms with Gasteiger partial charge in [0.25, 0.3) is 0 Å². The Bertz CT molecular complexity index is 371. The Morgan fingerprint density at radius 1 is 0.875 bits per heavy atom. The van der Waals surface area contributed by atoms with Crippen molar-refractivity contribution in [1.29, 1.82) is 0 Å². The lowest BCUT2D eigenvalue weighted by Gasteiger charge is -2.01. The van der Waals surface area contributed by atoms with Crippen molar-refractivity contribution in [3.8, 4) is 0 Å². The van der Waals surface area contributed by atoms with Gasteiger partial charge in [-0.1, -0.05) is 12.2 Å². The molecule has 0 amide bonds. The third kappa shape index (κ3) is 2.95. The number of methoxy groups -OCH3 is 2. The van der Waals surface area contributed by atoms with Gasteiger partial charge in [-0.3, -0.25) is 0 Å². The van der Waals surface area contributed by atoms with Gasteiger partial charge in [-0.2, -0.15) is 0 Å². The Balaban J connectivity index is 2.88. The zero-order valence-corrected chi connectivity index (χ0v) is 9.10. The van der Waals surface area contributed by atoms with Crippen molar-refractivity contribution >= 4 is 11.9 Å². The summed E-state index contributed by atoms with van der Waals surface area (Å²) in [5.41, 5.74) is 0.831. The number of carbonyl (C=O) groups excluding carboxylic acids is 2. The lowest BCUT2D eigenvalue weighted by molar-refractivity contribution is -0.136. The maximum Gasteiger partial charge on any atom is 0.337 e. The van der Waals surface area contributed by atoms with Gasteiger partial charge in [0.2, 0.25) is 0 Å². The standard InChI is InChI=1S/C12H12O4/c1-15-11(13)9-5-3-7-10(8-4-6-9)12(14)16-2/h3-8H,1-2H3/b5-3-,6-4?,7-3?,8-4-,9-5?,9-6+,10-7+,10-8?. The van der Waals surface area contributed by atoms with Crippen LogP contribution in [-0.4, -0.2) is 26.2 Å². The number of hydrogen-bond donors (Lipinski definition) is 0. The minimum atomic E-state index is -0.421. The molecular weight excluding hydrogens is 208 g/mol. The van der Waals surface area contributed by atoms with Crippen LogP contribution in [-0.2, 0) is 19.1 Å². The van der Waals surface area contributed by atoms with Gasteiger partial charge in [0, 0.05) is 0 Å². The molecule has 0 aromatic rings. The summed E-state index contributed by atoms with van der Waals surface area (Å²) in [5, 5.41) is 0. The smallest absolute Gasteiger partial charge is 0.337 e. The number of allylic oxidation sites excluding steroid dienone is 4. The zero-order chi connectivity index (χ0) is 12.0. The predicted octanol–water partition coefficient (Wildman–Crippen LogP) is 1.31. The molecule has 0 saturated heterocycles. The average molecular weight is 220 g/mol. The first-order valence-electron chi connectivity index (χ1n) is 4.62. The molecule has 0 fully saturated rings. The molecule has 0 aromatic heterocycles. The Morgan fingerprint density at radius 2 is 1.25 bits per heavy atom. The molecule has 0 radical (unpaired) electrons. The number of rotatable bonds is 2. The van der Waals surface area contributed by atoms with E-state index in [-0.39, 0.29) is 0 Å². The van der Waals surface area contributed by atoms with Gasteiger partial charge < -0.3 is 9.47 Å². The van der Waals surface area contributed by atoms with E-state index in [0.29, 0.717) is 11.1 Å². The van der Waals surface area contributed by atoms with Crippen LogP contribution in [0.4, 0.5) is 0 Å². The van der Waals surface area contributed by atoms with Crippen molar-refractivity contribution in [3.05, 3.63) is 47.6 Å². The van der Waals surface area contributed by atoms with E-state index >= 15 is 0 Å². The molecular formula is C12H12O4. The highest BCUT2D eigenvalue weighted by molar-refractivity contribution is 5.94. The van der Waals surface area contributed by atoms with Crippen LogP contribution < -0.4 is 0 Å². The molecule has 0 N–H and O–H groups in total. The quantitative estimate of drug-likeness (QED) is 0.658. The van der Waals surface area contributed by atoms with Crippen molar-refractivity contribution < 1.29 is 19.1 Å². The van der Waals surface area contributed by atoms with Gasteiger partial charge in [-0.15, -0.1) is 0 Å². The van der Waals surface area contributed by atoms with Crippen LogP contribution >= 0.6 is 0 Å². The molecule has 0 spiro atoms. The highest BCUT2D eigenvalue weighted by Gasteiger charge is 2.08. The first kappa shape index (κ1) is 12.0. The van der Waals surface area contributed by atoms with E-state index in [0.717, 1.165) is 0 Å². The van der Waals surface area contributed by atoms with Gasteiger partial charge in [-0.05, 0) is 24.3 Å². The Labute approximate surface area is 93.5 Å². The molecule has 4 nitrogen and oxygen atoms in total. The summed E-state index contributed by atoms with van der Waals surface area (Å²) in [4.78, 5) is 22.4. The van der Waals surface area contributed by atoms with Crippen molar-refractivity contribution in [2.75, 3.05) is 14.2 Å². The van der Waals surface area contributed by atoms with E-state index in [4.69, 9.17) is 0 Å². The molecule has 0 heterocycles. The number of esters is 2. The Kier molecular flexibility index (Phi) is 4.27. The number of ether oxygens (including phenoxy) is 2. The largest absolute Gasteiger partial charge is 0.465 e. The van der Waals surface area contributed by atoms with Crippen LogP contribution in [0, 0.1) is 0 Å². The molecule has 1 rings (SSSR count). The van der Waals surface area contributed by atoms with Crippen molar-refractivity contribution in [2.24, 2.45) is 0 Å². The Morgan fingerprint density at radius 3 is 1.56 bits per heavy atom. The SMILES string of the molecule is COC(=O)C1=C/C=C\C(C(=O)OC)=C/C=C\1. The fraction of sp³-hybridized carbons (Fsp3) is 0.167. The van der Waals surface area contributed by atoms with Crippen LogP contribution in [0.3, 0.4) is 0 Å². The highest BCUT2D eigenvalue weighted by atomic mass is 16.5. The van der Waals surface area contributed by atoms with Crippen molar-refractivity contribution in [1.82, 2.24) is 0 Å². The molecule has 1 aliphatic carbocycles. The van der Waals surface area contributed by atoms with E-state index in [1.54, 1.807) is 36.5 Å². The second kappa shape index (κ2) is 5.70. The van der Waals surface area contributed by atoms with E-state index in [2.05, 4.69) is 9.47 Å². The first-order valence-corrected chi connectivity index (χ1v) is 4.62. The van der Waals surface area contributed by atoms with E-state index in [1.165, 1.54) is 14.2 Å². The summed E-state index contributed by atoms with van der Waals surface area (Å²) in [7, 11) is 2.63. The lowest BCUT2D eigenvalue weighted by Crippen LogP contribution is -2.04. The minimum Gasteiger partial charge on any atom is -0.465 e. The van der Waals surface area contributed by atoms with Gasteiger partial charge in [0.15, 0.2) is 0 Å². The molecule has 0 aliphatic heterocycles. The van der Waals surface area contributed by atoms with E-state index < -0.39 is 11.9 Å². The van der Waals surface area contributed by atoms with E-state index in [9.17, 15) is 9.59 Å². The molecule has 1 aliphatic rings. The fourth-order valence-corrected chi connectivity index (χ4v) is 1.13. The zero-order valence-electron chi connectivity index (χ0n) is 9.10. The normalized spacial score (nSPS) is 24.9. The van der Waals surface area contributed by atoms with Crippen LogP contribution in [0.1, 0.15) is 0 Å². The predicted molar refractivity (Wildman–Crippen MR) is 58.5 cm³/mol. The molecule has 0 aromatic carbocycles. The third-order valence-corrected chi connectivity index (χ3v) is 1.95. The minimum absolute atomic E-state index is 0.416. The summed E-state index contributed by atoms with van der Waals surface area (Å²) in [6.45, 7) is 0.